The molecule has 3 N–H and O–H groups in total. The van der Waals surface area contributed by atoms with Gasteiger partial charge in [-0.1, -0.05) is 58.6 Å². The summed E-state index contributed by atoms with van der Waals surface area (Å²) in [6, 6.07) is 0. The highest BCUT2D eigenvalue weighted by molar-refractivity contribution is 6.01. The lowest BCUT2D eigenvalue weighted by Gasteiger charge is -2.59. The Morgan fingerprint density at radius 3 is 2.32 bits per heavy atom. The van der Waals surface area contributed by atoms with Crippen LogP contribution in [0.25, 0.3) is 0 Å². The second-order valence-electron chi connectivity index (χ2n) is 14.9. The van der Waals surface area contributed by atoms with Crippen molar-refractivity contribution in [1.82, 2.24) is 0 Å². The fraction of sp³-hybridized carbons (Fsp3) is 0.694. The quantitative estimate of drug-likeness (QED) is 0.262. The van der Waals surface area contributed by atoms with Gasteiger partial charge in [-0.15, -0.1) is 0 Å². The van der Waals surface area contributed by atoms with Gasteiger partial charge in [0.15, 0.2) is 24.3 Å². The molecule has 6 rings (SSSR count). The van der Waals surface area contributed by atoms with Crippen molar-refractivity contribution in [3.05, 3.63) is 36.0 Å². The summed E-state index contributed by atoms with van der Waals surface area (Å²) in [6.45, 7) is 7.44. The first-order valence-corrected chi connectivity index (χ1v) is 16.9. The average Bonchev–Trinajstić information content (AvgIpc) is 3.52. The number of Topliss-reactive ketones (excluding diaryl/α,β-unsaturated/α-hetero) is 1. The summed E-state index contributed by atoms with van der Waals surface area (Å²) < 4.78 is 19.0. The predicted molar refractivity (Wildman–Crippen MR) is 168 cm³/mol. The summed E-state index contributed by atoms with van der Waals surface area (Å²) in [5.74, 6) is -2.98. The Labute approximate surface area is 275 Å². The smallest absolute Gasteiger partial charge is 0.328 e. The molecule has 0 bridgehead atoms. The van der Waals surface area contributed by atoms with Crippen molar-refractivity contribution >= 4 is 29.5 Å². The highest BCUT2D eigenvalue weighted by Crippen LogP contribution is 2.70. The average molecular weight is 657 g/mol. The van der Waals surface area contributed by atoms with Crippen LogP contribution in [0.15, 0.2) is 36.0 Å². The topological polar surface area (TPSA) is 174 Å². The summed E-state index contributed by atoms with van der Waals surface area (Å²) in [7, 11) is 0. The first-order valence-electron chi connectivity index (χ1n) is 16.9. The maximum atomic E-state index is 14.2. The second-order valence-corrected chi connectivity index (χ2v) is 14.9. The molecule has 11 nitrogen and oxygen atoms in total. The number of carboxylic acid groups (broad SMARTS) is 2. The first kappa shape index (κ1) is 35.2. The van der Waals surface area contributed by atoms with Gasteiger partial charge in [0.1, 0.15) is 0 Å². The fourth-order valence-electron chi connectivity index (χ4n) is 9.76. The summed E-state index contributed by atoms with van der Waals surface area (Å²) in [5.41, 5.74) is -1.19. The molecule has 0 aromatic heterocycles. The van der Waals surface area contributed by atoms with Gasteiger partial charge in [0, 0.05) is 34.8 Å². The monoisotopic (exact) mass is 656 g/mol. The van der Waals surface area contributed by atoms with E-state index in [0.717, 1.165) is 44.1 Å². The zero-order valence-corrected chi connectivity index (χ0v) is 27.7. The van der Waals surface area contributed by atoms with Crippen LogP contribution in [0.3, 0.4) is 0 Å². The number of esters is 1. The number of rotatable bonds is 7. The van der Waals surface area contributed by atoms with Gasteiger partial charge in [0.2, 0.25) is 5.78 Å². The van der Waals surface area contributed by atoms with E-state index in [1.165, 1.54) is 6.42 Å². The Bertz CT molecular complexity index is 1360. The van der Waals surface area contributed by atoms with E-state index in [2.05, 4.69) is 13.8 Å². The van der Waals surface area contributed by atoms with Gasteiger partial charge in [-0.25, -0.2) is 9.59 Å². The molecule has 0 spiro atoms. The van der Waals surface area contributed by atoms with Crippen LogP contribution in [0.2, 0.25) is 0 Å². The number of fused-ring (bicyclic) bond motifs is 7. The van der Waals surface area contributed by atoms with Crippen molar-refractivity contribution in [1.29, 1.82) is 0 Å². The largest absolute Gasteiger partial charge is 0.478 e. The number of carbonyl (C=O) groups excluding carboxylic acids is 3. The number of aliphatic hydroxyl groups is 1. The Hall–Kier alpha value is -3.15. The lowest BCUT2D eigenvalue weighted by Crippen LogP contribution is -2.63. The van der Waals surface area contributed by atoms with Gasteiger partial charge in [-0.2, -0.15) is 0 Å². The number of ether oxygens (including phenoxy) is 3. The van der Waals surface area contributed by atoms with Crippen molar-refractivity contribution < 1.29 is 53.5 Å². The van der Waals surface area contributed by atoms with Crippen LogP contribution in [-0.2, 0) is 38.2 Å². The van der Waals surface area contributed by atoms with Crippen LogP contribution in [0.5, 0.6) is 0 Å². The lowest BCUT2D eigenvalue weighted by atomic mass is 9.46. The number of aliphatic hydroxyl groups excluding tert-OH is 1. The molecule has 5 aliphatic carbocycles. The molecule has 0 unspecified atom stereocenters. The van der Waals surface area contributed by atoms with Crippen molar-refractivity contribution in [2.45, 2.75) is 110 Å². The van der Waals surface area contributed by atoms with E-state index in [-0.39, 0.29) is 53.2 Å². The molecular weight excluding hydrogens is 608 g/mol. The Morgan fingerprint density at radius 1 is 1.04 bits per heavy atom. The minimum absolute atomic E-state index is 0.0162. The van der Waals surface area contributed by atoms with Crippen molar-refractivity contribution in [2.75, 3.05) is 6.61 Å². The summed E-state index contributed by atoms with van der Waals surface area (Å²) >= 11 is 0. The van der Waals surface area contributed by atoms with Crippen LogP contribution < -0.4 is 0 Å². The fourth-order valence-corrected chi connectivity index (χ4v) is 9.76. The molecule has 0 aromatic carbocycles. The number of carbonyl (C=O) groups is 5. The Balaban J connectivity index is 0.000000483. The standard InChI is InChI=1S/C32H44O7.C4H4O4/c1-18(2)28(36)37-17-25(35)32-26(38-29(39-32)19-8-6-5-7-9-19)15-23-22-11-10-20-14-21(33)12-13-30(20,3)27(22)24(34)16-31(23,32)4;5-3(6)1-2-4(7)8/h12-14,18-19,22-24,26-27,29,34H,5-11,15-17H2,1-4H3;1-2H,(H,5,6)(H,7,8)/b;2-1+/t22-,23-,24-,26+,27+,29+,30-,31-,32+;/m0./s1. The Kier molecular flexibility index (Phi) is 10.0. The third kappa shape index (κ3) is 6.26. The highest BCUT2D eigenvalue weighted by atomic mass is 16.7. The van der Waals surface area contributed by atoms with Crippen LogP contribution in [-0.4, -0.2) is 75.5 Å². The molecule has 4 saturated carbocycles. The molecule has 11 heteroatoms. The number of carboxylic acids is 2. The van der Waals surface area contributed by atoms with Gasteiger partial charge in [-0.3, -0.25) is 14.4 Å². The molecule has 1 aliphatic heterocycles. The molecule has 0 amide bonds. The predicted octanol–water partition coefficient (Wildman–Crippen LogP) is 4.42. The number of ketones is 2. The number of hydrogen-bond acceptors (Lipinski definition) is 9. The summed E-state index contributed by atoms with van der Waals surface area (Å²) in [5, 5.41) is 27.5. The van der Waals surface area contributed by atoms with Crippen molar-refractivity contribution in [2.24, 2.45) is 40.4 Å². The van der Waals surface area contributed by atoms with E-state index in [1.54, 1.807) is 26.0 Å². The molecule has 0 aromatic rings. The highest BCUT2D eigenvalue weighted by Gasteiger charge is 2.76. The Morgan fingerprint density at radius 2 is 1.70 bits per heavy atom. The van der Waals surface area contributed by atoms with Crippen LogP contribution in [0.4, 0.5) is 0 Å². The molecule has 258 valence electrons. The first-order chi connectivity index (χ1) is 22.1. The number of aliphatic carboxylic acids is 2. The molecule has 1 heterocycles. The van der Waals surface area contributed by atoms with E-state index in [0.29, 0.717) is 25.0 Å². The van der Waals surface area contributed by atoms with E-state index in [4.69, 9.17) is 24.4 Å². The SMILES string of the molecule is CC(C)C(=O)OCC(=O)[C@@]12O[C@H](C3CCCCC3)O[C@@H]1C[C@H]1[C@@H]3CCC4=CC(=O)C=C[C@]4(C)[C@H]3[C@@H](O)C[C@@]12C.O=C(O)/C=C/C(=O)O. The normalized spacial score (nSPS) is 39.2. The lowest BCUT2D eigenvalue weighted by molar-refractivity contribution is -0.210. The molecule has 5 fully saturated rings. The molecule has 47 heavy (non-hydrogen) atoms. The zero-order valence-electron chi connectivity index (χ0n) is 27.7. The molecule has 0 radical (unpaired) electrons. The third-order valence-corrected chi connectivity index (χ3v) is 11.9. The van der Waals surface area contributed by atoms with Crippen LogP contribution >= 0.6 is 0 Å². The minimum atomic E-state index is -1.26. The van der Waals surface area contributed by atoms with Crippen LogP contribution in [0, 0.1) is 40.4 Å². The summed E-state index contributed by atoms with van der Waals surface area (Å²) in [6.07, 6.45) is 13.3. The number of hydrogen-bond donors (Lipinski definition) is 3. The van der Waals surface area contributed by atoms with Gasteiger partial charge >= 0.3 is 17.9 Å². The van der Waals surface area contributed by atoms with E-state index >= 15 is 0 Å². The molecular formula is C36H48O11. The van der Waals surface area contributed by atoms with Crippen molar-refractivity contribution in [3.8, 4) is 0 Å². The molecule has 1 saturated heterocycles. The third-order valence-electron chi connectivity index (χ3n) is 11.9. The van der Waals surface area contributed by atoms with E-state index in [9.17, 15) is 29.1 Å². The maximum absolute atomic E-state index is 14.2. The van der Waals surface area contributed by atoms with E-state index < -0.39 is 47.4 Å². The van der Waals surface area contributed by atoms with Crippen molar-refractivity contribution in [3.63, 3.8) is 0 Å². The zero-order chi connectivity index (χ0) is 34.3. The van der Waals surface area contributed by atoms with Gasteiger partial charge < -0.3 is 29.5 Å². The van der Waals surface area contributed by atoms with E-state index in [1.807, 2.05) is 6.08 Å². The second kappa shape index (κ2) is 13.4. The number of allylic oxidation sites excluding steroid dienone is 4. The van der Waals surface area contributed by atoms with Gasteiger partial charge in [0.05, 0.1) is 18.1 Å². The minimum Gasteiger partial charge on any atom is -0.478 e. The summed E-state index contributed by atoms with van der Waals surface area (Å²) in [4.78, 5) is 57.8. The maximum Gasteiger partial charge on any atom is 0.328 e. The van der Waals surface area contributed by atoms with Gasteiger partial charge in [-0.05, 0) is 62.5 Å². The van der Waals surface area contributed by atoms with Gasteiger partial charge in [0.25, 0.3) is 0 Å². The molecule has 6 aliphatic rings. The molecule has 9 atom stereocenters. The van der Waals surface area contributed by atoms with Crippen LogP contribution in [0.1, 0.15) is 85.5 Å².